The second-order valence-electron chi connectivity index (χ2n) is 4.28. The molecule has 0 saturated heterocycles. The molecule has 2 rings (SSSR count). The fraction of sp³-hybridized carbons (Fsp3) is 0.455. The van der Waals surface area contributed by atoms with E-state index >= 15 is 0 Å². The van der Waals surface area contributed by atoms with Crippen molar-refractivity contribution >= 4 is 33.2 Å². The Morgan fingerprint density at radius 2 is 2.00 bits per heavy atom. The molecule has 1 aromatic carbocycles. The number of aliphatic hydroxyl groups is 1. The second-order valence-corrected chi connectivity index (χ2v) is 6.78. The third-order valence-corrected chi connectivity index (χ3v) is 5.29. The van der Waals surface area contributed by atoms with Crippen molar-refractivity contribution in [3.63, 3.8) is 0 Å². The van der Waals surface area contributed by atoms with Crippen molar-refractivity contribution in [2.75, 3.05) is 0 Å². The lowest BCUT2D eigenvalue weighted by Crippen LogP contribution is -2.39. The molecule has 0 spiro atoms. The van der Waals surface area contributed by atoms with Crippen LogP contribution in [-0.4, -0.2) is 19.6 Å². The molecular weight excluding hydrogens is 297 g/mol. The number of hydrogen-bond donors (Lipinski definition) is 2. The molecule has 100 valence electrons. The van der Waals surface area contributed by atoms with Crippen LogP contribution in [0, 0.1) is 0 Å². The maximum absolute atomic E-state index is 12.1. The topological polar surface area (TPSA) is 66.4 Å². The van der Waals surface area contributed by atoms with Gasteiger partial charge in [0.05, 0.1) is 11.6 Å². The number of nitrogens with one attached hydrogen (secondary N) is 1. The largest absolute Gasteiger partial charge is 0.392 e. The van der Waals surface area contributed by atoms with Gasteiger partial charge in [0, 0.05) is 11.1 Å². The molecule has 1 fully saturated rings. The molecule has 4 nitrogen and oxygen atoms in total. The highest BCUT2D eigenvalue weighted by molar-refractivity contribution is 7.89. The van der Waals surface area contributed by atoms with Gasteiger partial charge in [-0.3, -0.25) is 0 Å². The van der Waals surface area contributed by atoms with Gasteiger partial charge in [-0.05, 0) is 30.5 Å². The Bertz CT molecular complexity index is 556. The van der Waals surface area contributed by atoms with E-state index in [1.54, 1.807) is 0 Å². The molecule has 0 heterocycles. The molecule has 0 atom stereocenters. The number of aliphatic hydroxyl groups excluding tert-OH is 1. The summed E-state index contributed by atoms with van der Waals surface area (Å²) in [7, 11) is -3.68. The first-order chi connectivity index (χ1) is 8.44. The minimum atomic E-state index is -3.68. The summed E-state index contributed by atoms with van der Waals surface area (Å²) in [4.78, 5) is -0.0763. The lowest BCUT2D eigenvalue weighted by atomic mass is 9.94. The fourth-order valence-corrected chi connectivity index (χ4v) is 3.97. The van der Waals surface area contributed by atoms with E-state index in [9.17, 15) is 8.42 Å². The summed E-state index contributed by atoms with van der Waals surface area (Å²) in [5.41, 5.74) is 0.304. The van der Waals surface area contributed by atoms with Crippen LogP contribution in [0.15, 0.2) is 17.0 Å². The average molecular weight is 310 g/mol. The Hall–Kier alpha value is -0.330. The Balaban J connectivity index is 2.39. The zero-order valence-corrected chi connectivity index (χ0v) is 11.8. The van der Waals surface area contributed by atoms with Crippen LogP contribution in [0.1, 0.15) is 24.8 Å². The molecule has 0 amide bonds. The van der Waals surface area contributed by atoms with E-state index in [-0.39, 0.29) is 27.6 Å². The molecule has 7 heteroatoms. The van der Waals surface area contributed by atoms with Crippen molar-refractivity contribution in [3.8, 4) is 0 Å². The summed E-state index contributed by atoms with van der Waals surface area (Å²) in [5.74, 6) is 0. The number of sulfonamides is 1. The van der Waals surface area contributed by atoms with E-state index in [4.69, 9.17) is 28.3 Å². The number of hydrogen-bond acceptors (Lipinski definition) is 3. The maximum Gasteiger partial charge on any atom is 0.242 e. The molecule has 1 aliphatic rings. The quantitative estimate of drug-likeness (QED) is 0.897. The number of benzene rings is 1. The van der Waals surface area contributed by atoms with Gasteiger partial charge in [-0.1, -0.05) is 29.6 Å². The molecule has 0 radical (unpaired) electrons. The minimum absolute atomic E-state index is 0.0220. The highest BCUT2D eigenvalue weighted by Gasteiger charge is 2.27. The van der Waals surface area contributed by atoms with Crippen molar-refractivity contribution in [3.05, 3.63) is 27.7 Å². The van der Waals surface area contributed by atoms with Gasteiger partial charge in [0.25, 0.3) is 0 Å². The molecule has 0 aromatic heterocycles. The van der Waals surface area contributed by atoms with Crippen LogP contribution in [-0.2, 0) is 16.6 Å². The molecule has 0 bridgehead atoms. The second kappa shape index (κ2) is 5.35. The fourth-order valence-electron chi connectivity index (χ4n) is 1.74. The summed E-state index contributed by atoms with van der Waals surface area (Å²) in [5, 5.41) is 9.37. The van der Waals surface area contributed by atoms with Gasteiger partial charge in [0.1, 0.15) is 4.90 Å². The van der Waals surface area contributed by atoms with Crippen LogP contribution in [0.3, 0.4) is 0 Å². The molecule has 1 aliphatic carbocycles. The Kier molecular flexibility index (Phi) is 4.18. The third-order valence-electron chi connectivity index (χ3n) is 2.97. The van der Waals surface area contributed by atoms with E-state index in [2.05, 4.69) is 4.72 Å². The van der Waals surface area contributed by atoms with E-state index in [1.165, 1.54) is 12.1 Å². The van der Waals surface area contributed by atoms with Crippen LogP contribution in [0.2, 0.25) is 10.0 Å². The first-order valence-corrected chi connectivity index (χ1v) is 7.79. The molecule has 18 heavy (non-hydrogen) atoms. The summed E-state index contributed by atoms with van der Waals surface area (Å²) < 4.78 is 26.9. The first-order valence-electron chi connectivity index (χ1n) is 5.55. The van der Waals surface area contributed by atoms with Gasteiger partial charge in [-0.15, -0.1) is 0 Å². The van der Waals surface area contributed by atoms with E-state index in [0.717, 1.165) is 19.3 Å². The molecule has 0 aliphatic heterocycles. The molecular formula is C11H13Cl2NO3S. The standard InChI is InChI=1S/C11H13Cl2NO3S/c12-8-4-7(6-15)11(13)10(5-8)18(16,17)14-9-2-1-3-9/h4-5,9,14-15H,1-3,6H2. The van der Waals surface area contributed by atoms with Gasteiger partial charge in [-0.25, -0.2) is 13.1 Å². The van der Waals surface area contributed by atoms with Gasteiger partial charge in [0.15, 0.2) is 0 Å². The zero-order valence-electron chi connectivity index (χ0n) is 9.49. The third kappa shape index (κ3) is 2.81. The Morgan fingerprint density at radius 3 is 2.50 bits per heavy atom. The zero-order chi connectivity index (χ0) is 13.3. The molecule has 2 N–H and O–H groups in total. The maximum atomic E-state index is 12.1. The van der Waals surface area contributed by atoms with Gasteiger partial charge in [-0.2, -0.15) is 0 Å². The van der Waals surface area contributed by atoms with Crippen LogP contribution in [0.5, 0.6) is 0 Å². The van der Waals surface area contributed by atoms with E-state index in [0.29, 0.717) is 5.56 Å². The highest BCUT2D eigenvalue weighted by Crippen LogP contribution is 2.30. The van der Waals surface area contributed by atoms with Crippen molar-refractivity contribution in [1.82, 2.24) is 4.72 Å². The van der Waals surface area contributed by atoms with Crippen molar-refractivity contribution < 1.29 is 13.5 Å². The Labute approximate surface area is 116 Å². The van der Waals surface area contributed by atoms with Crippen LogP contribution >= 0.6 is 23.2 Å². The van der Waals surface area contributed by atoms with Crippen molar-refractivity contribution in [1.29, 1.82) is 0 Å². The normalized spacial score (nSPS) is 16.6. The molecule has 0 unspecified atom stereocenters. The smallest absolute Gasteiger partial charge is 0.242 e. The van der Waals surface area contributed by atoms with Crippen LogP contribution < -0.4 is 4.72 Å². The minimum Gasteiger partial charge on any atom is -0.392 e. The number of halogens is 2. The van der Waals surface area contributed by atoms with Crippen molar-refractivity contribution in [2.45, 2.75) is 36.8 Å². The van der Waals surface area contributed by atoms with Crippen LogP contribution in [0.25, 0.3) is 0 Å². The van der Waals surface area contributed by atoms with Gasteiger partial charge >= 0.3 is 0 Å². The van der Waals surface area contributed by atoms with E-state index < -0.39 is 10.0 Å². The first kappa shape index (κ1) is 14.1. The predicted molar refractivity (Wildman–Crippen MR) is 70.3 cm³/mol. The number of rotatable bonds is 4. The summed E-state index contributed by atoms with van der Waals surface area (Å²) >= 11 is 11.8. The summed E-state index contributed by atoms with van der Waals surface area (Å²) in [6.07, 6.45) is 2.70. The van der Waals surface area contributed by atoms with Gasteiger partial charge in [0.2, 0.25) is 10.0 Å². The lowest BCUT2D eigenvalue weighted by Gasteiger charge is -2.26. The van der Waals surface area contributed by atoms with Crippen molar-refractivity contribution in [2.24, 2.45) is 0 Å². The molecule has 1 saturated carbocycles. The average Bonchev–Trinajstić information content (AvgIpc) is 2.26. The predicted octanol–water partition coefficient (Wildman–Crippen LogP) is 2.32. The highest BCUT2D eigenvalue weighted by atomic mass is 35.5. The monoisotopic (exact) mass is 309 g/mol. The SMILES string of the molecule is O=S(=O)(NC1CCC1)c1cc(Cl)cc(CO)c1Cl. The summed E-state index contributed by atoms with van der Waals surface area (Å²) in [6.45, 7) is -0.356. The van der Waals surface area contributed by atoms with Gasteiger partial charge < -0.3 is 5.11 Å². The van der Waals surface area contributed by atoms with Crippen LogP contribution in [0.4, 0.5) is 0 Å². The van der Waals surface area contributed by atoms with E-state index in [1.807, 2.05) is 0 Å². The molecule has 1 aromatic rings. The lowest BCUT2D eigenvalue weighted by molar-refractivity contribution is 0.281. The Morgan fingerprint density at radius 1 is 1.33 bits per heavy atom. The summed E-state index contributed by atoms with van der Waals surface area (Å²) in [6, 6.07) is 2.72.